The molecule has 1 aliphatic rings. The lowest BCUT2D eigenvalue weighted by atomic mass is 10.0. The van der Waals surface area contributed by atoms with Crippen molar-refractivity contribution < 1.29 is 0 Å². The van der Waals surface area contributed by atoms with Crippen LogP contribution in [0.4, 0.5) is 5.95 Å². The lowest BCUT2D eigenvalue weighted by Gasteiger charge is -2.36. The zero-order valence-electron chi connectivity index (χ0n) is 11.5. The molecule has 2 heterocycles. The first-order valence-corrected chi connectivity index (χ1v) is 6.82. The second kappa shape index (κ2) is 6.05. The Hall–Kier alpha value is -1.29. The van der Waals surface area contributed by atoms with Crippen LogP contribution in [0.2, 0.25) is 0 Å². The summed E-state index contributed by atoms with van der Waals surface area (Å²) in [6.07, 6.45) is 7.88. The lowest BCUT2D eigenvalue weighted by molar-refractivity contribution is 0.436. The molecule has 0 amide bonds. The lowest BCUT2D eigenvalue weighted by Crippen LogP contribution is -2.46. The van der Waals surface area contributed by atoms with Gasteiger partial charge in [0.1, 0.15) is 0 Å². The summed E-state index contributed by atoms with van der Waals surface area (Å²) in [5.41, 5.74) is 1.08. The number of imidazole rings is 1. The van der Waals surface area contributed by atoms with Gasteiger partial charge in [-0.3, -0.25) is 0 Å². The van der Waals surface area contributed by atoms with Gasteiger partial charge in [0.05, 0.1) is 5.69 Å². The number of anilines is 1. The highest BCUT2D eigenvalue weighted by Crippen LogP contribution is 2.24. The van der Waals surface area contributed by atoms with E-state index in [1.54, 1.807) is 0 Å². The zero-order chi connectivity index (χ0) is 13.0. The van der Waals surface area contributed by atoms with E-state index in [1.807, 2.05) is 13.1 Å². The van der Waals surface area contributed by atoms with Crippen LogP contribution in [0.15, 0.2) is 18.9 Å². The van der Waals surface area contributed by atoms with Crippen LogP contribution in [0.5, 0.6) is 0 Å². The predicted octanol–water partition coefficient (Wildman–Crippen LogP) is 1.96. The molecule has 4 heteroatoms. The number of piperidine rings is 1. The van der Waals surface area contributed by atoms with Crippen molar-refractivity contribution in [1.82, 2.24) is 14.9 Å². The van der Waals surface area contributed by atoms with Gasteiger partial charge in [-0.15, -0.1) is 6.58 Å². The number of aromatic nitrogens is 2. The van der Waals surface area contributed by atoms with Gasteiger partial charge in [-0.25, -0.2) is 4.98 Å². The second-order valence-electron chi connectivity index (χ2n) is 5.02. The molecule has 1 N–H and O–H groups in total. The third-order valence-corrected chi connectivity index (χ3v) is 3.53. The Labute approximate surface area is 110 Å². The maximum atomic E-state index is 4.70. The minimum absolute atomic E-state index is 0.564. The highest BCUT2D eigenvalue weighted by molar-refractivity contribution is 5.36. The first kappa shape index (κ1) is 13.1. The smallest absolute Gasteiger partial charge is 0.206 e. The molecule has 0 saturated carbocycles. The van der Waals surface area contributed by atoms with Gasteiger partial charge in [-0.05, 0) is 33.2 Å². The predicted molar refractivity (Wildman–Crippen MR) is 76.1 cm³/mol. The molecule has 0 aliphatic carbocycles. The van der Waals surface area contributed by atoms with E-state index in [2.05, 4.69) is 34.5 Å². The molecule has 1 aromatic heterocycles. The number of allylic oxidation sites excluding steroid dienone is 1. The molecule has 1 fully saturated rings. The zero-order valence-corrected chi connectivity index (χ0v) is 11.5. The fourth-order valence-corrected chi connectivity index (χ4v) is 2.75. The molecule has 0 radical (unpaired) electrons. The van der Waals surface area contributed by atoms with Crippen LogP contribution in [0.25, 0.3) is 0 Å². The van der Waals surface area contributed by atoms with Crippen LogP contribution < -0.4 is 10.2 Å². The number of nitrogens with zero attached hydrogens (tertiary/aromatic N) is 3. The molecule has 0 spiro atoms. The Kier molecular flexibility index (Phi) is 4.42. The molecule has 2 rings (SSSR count). The molecular formula is C14H24N4. The molecule has 1 aromatic rings. The van der Waals surface area contributed by atoms with E-state index in [4.69, 9.17) is 4.98 Å². The number of nitrogens with one attached hydrogen (secondary N) is 1. The van der Waals surface area contributed by atoms with E-state index >= 15 is 0 Å². The molecule has 1 aliphatic heterocycles. The average molecular weight is 248 g/mol. The van der Waals surface area contributed by atoms with E-state index in [0.29, 0.717) is 6.04 Å². The normalized spacial score (nSPS) is 20.1. The Morgan fingerprint density at radius 3 is 3.11 bits per heavy atom. The highest BCUT2D eigenvalue weighted by Gasteiger charge is 2.25. The summed E-state index contributed by atoms with van der Waals surface area (Å²) >= 11 is 0. The van der Waals surface area contributed by atoms with Gasteiger partial charge in [-0.1, -0.05) is 6.08 Å². The molecule has 0 aromatic carbocycles. The van der Waals surface area contributed by atoms with Crippen LogP contribution in [0.3, 0.4) is 0 Å². The molecule has 0 bridgehead atoms. The van der Waals surface area contributed by atoms with Crippen molar-refractivity contribution in [1.29, 1.82) is 0 Å². The maximum Gasteiger partial charge on any atom is 0.206 e. The standard InChI is InChI=1S/C14H24N4/c1-4-8-17-11-12(2)16-14(17)18-9-6-5-7-13(18)10-15-3/h4,11,13,15H,1,5-10H2,2-3H3. The summed E-state index contributed by atoms with van der Waals surface area (Å²) in [5.74, 6) is 1.10. The van der Waals surface area contributed by atoms with Crippen molar-refractivity contribution in [2.24, 2.45) is 0 Å². The molecule has 1 unspecified atom stereocenters. The number of aryl methyl sites for hydroxylation is 1. The van der Waals surface area contributed by atoms with Crippen molar-refractivity contribution in [2.45, 2.75) is 38.8 Å². The average Bonchev–Trinajstić information content (AvgIpc) is 2.72. The van der Waals surface area contributed by atoms with Crippen LogP contribution >= 0.6 is 0 Å². The van der Waals surface area contributed by atoms with Gasteiger partial charge in [0, 0.05) is 31.9 Å². The van der Waals surface area contributed by atoms with E-state index < -0.39 is 0 Å². The fraction of sp³-hybridized carbons (Fsp3) is 0.643. The minimum atomic E-state index is 0.564. The summed E-state index contributed by atoms with van der Waals surface area (Å²) in [7, 11) is 2.02. The largest absolute Gasteiger partial charge is 0.338 e. The van der Waals surface area contributed by atoms with Crippen molar-refractivity contribution in [3.8, 4) is 0 Å². The highest BCUT2D eigenvalue weighted by atomic mass is 15.3. The first-order valence-electron chi connectivity index (χ1n) is 6.82. The third-order valence-electron chi connectivity index (χ3n) is 3.53. The van der Waals surface area contributed by atoms with Crippen molar-refractivity contribution in [2.75, 3.05) is 25.0 Å². The minimum Gasteiger partial charge on any atom is -0.338 e. The van der Waals surface area contributed by atoms with Crippen LogP contribution in [0, 0.1) is 6.92 Å². The molecule has 18 heavy (non-hydrogen) atoms. The monoisotopic (exact) mass is 248 g/mol. The molecule has 1 atom stereocenters. The van der Waals surface area contributed by atoms with Gasteiger partial charge in [0.15, 0.2) is 0 Å². The maximum absolute atomic E-state index is 4.70. The number of likely N-dealkylation sites (N-methyl/N-ethyl adjacent to an activating group) is 1. The summed E-state index contributed by atoms with van der Waals surface area (Å²) in [6.45, 7) is 8.85. The van der Waals surface area contributed by atoms with Gasteiger partial charge in [0.25, 0.3) is 0 Å². The molecule has 4 nitrogen and oxygen atoms in total. The Morgan fingerprint density at radius 1 is 1.56 bits per heavy atom. The van der Waals surface area contributed by atoms with Crippen molar-refractivity contribution >= 4 is 5.95 Å². The Balaban J connectivity index is 2.23. The summed E-state index contributed by atoms with van der Waals surface area (Å²) in [6, 6.07) is 0.564. The molecular weight excluding hydrogens is 224 g/mol. The molecule has 1 saturated heterocycles. The van der Waals surface area contributed by atoms with Crippen molar-refractivity contribution in [3.05, 3.63) is 24.5 Å². The van der Waals surface area contributed by atoms with Crippen LogP contribution in [-0.2, 0) is 6.54 Å². The van der Waals surface area contributed by atoms with Crippen LogP contribution in [0.1, 0.15) is 25.0 Å². The summed E-state index contributed by atoms with van der Waals surface area (Å²) in [4.78, 5) is 7.15. The van der Waals surface area contributed by atoms with Crippen molar-refractivity contribution in [3.63, 3.8) is 0 Å². The summed E-state index contributed by atoms with van der Waals surface area (Å²) in [5, 5.41) is 3.30. The van der Waals surface area contributed by atoms with Crippen LogP contribution in [-0.4, -0.2) is 35.7 Å². The van der Waals surface area contributed by atoms with E-state index in [9.17, 15) is 0 Å². The van der Waals surface area contributed by atoms with E-state index in [-0.39, 0.29) is 0 Å². The quantitative estimate of drug-likeness (QED) is 0.809. The Morgan fingerprint density at radius 2 is 2.39 bits per heavy atom. The fourth-order valence-electron chi connectivity index (χ4n) is 2.75. The molecule has 100 valence electrons. The first-order chi connectivity index (χ1) is 8.76. The number of hydrogen-bond donors (Lipinski definition) is 1. The third kappa shape index (κ3) is 2.75. The SMILES string of the molecule is C=CCn1cc(C)nc1N1CCCCC1CNC. The number of hydrogen-bond acceptors (Lipinski definition) is 3. The second-order valence-corrected chi connectivity index (χ2v) is 5.02. The van der Waals surface area contributed by atoms with Gasteiger partial charge < -0.3 is 14.8 Å². The topological polar surface area (TPSA) is 33.1 Å². The van der Waals surface area contributed by atoms with E-state index in [1.165, 1.54) is 19.3 Å². The van der Waals surface area contributed by atoms with E-state index in [0.717, 1.165) is 31.3 Å². The van der Waals surface area contributed by atoms with Gasteiger partial charge in [-0.2, -0.15) is 0 Å². The Bertz CT molecular complexity index is 394. The number of rotatable bonds is 5. The summed E-state index contributed by atoms with van der Waals surface area (Å²) < 4.78 is 2.20. The van der Waals surface area contributed by atoms with Gasteiger partial charge in [0.2, 0.25) is 5.95 Å². The van der Waals surface area contributed by atoms with Gasteiger partial charge >= 0.3 is 0 Å².